The van der Waals surface area contributed by atoms with Gasteiger partial charge in [-0.1, -0.05) is 30.3 Å². The Morgan fingerprint density at radius 1 is 1.22 bits per heavy atom. The first-order chi connectivity index (χ1) is 8.79. The first-order valence-electron chi connectivity index (χ1n) is 5.41. The molecule has 0 aliphatic carbocycles. The molecule has 0 radical (unpaired) electrons. The SMILES string of the molecule is COc1c(-c2n[nH]c(=S)o2)ccc2ccccc12. The second-order valence-electron chi connectivity index (χ2n) is 3.79. The van der Waals surface area contributed by atoms with E-state index in [1.807, 2.05) is 36.4 Å². The molecule has 90 valence electrons. The van der Waals surface area contributed by atoms with Gasteiger partial charge in [0, 0.05) is 5.39 Å². The Kier molecular flexibility index (Phi) is 2.60. The molecule has 5 heteroatoms. The summed E-state index contributed by atoms with van der Waals surface area (Å²) in [5, 5.41) is 8.75. The minimum absolute atomic E-state index is 0.250. The van der Waals surface area contributed by atoms with Gasteiger partial charge in [0.25, 0.3) is 4.84 Å². The standard InChI is InChI=1S/C13H10N2O2S/c1-16-11-9-5-3-2-4-8(9)6-7-10(11)12-14-15-13(18)17-12/h2-7H,1H3,(H,15,18). The zero-order chi connectivity index (χ0) is 12.5. The fourth-order valence-corrected chi connectivity index (χ4v) is 2.10. The van der Waals surface area contributed by atoms with Crippen LogP contribution >= 0.6 is 12.2 Å². The first-order valence-corrected chi connectivity index (χ1v) is 5.82. The first kappa shape index (κ1) is 11.0. The third-order valence-corrected chi connectivity index (χ3v) is 2.93. The van der Waals surface area contributed by atoms with E-state index in [9.17, 15) is 0 Å². The minimum Gasteiger partial charge on any atom is -0.495 e. The minimum atomic E-state index is 0.250. The van der Waals surface area contributed by atoms with E-state index in [-0.39, 0.29) is 4.84 Å². The summed E-state index contributed by atoms with van der Waals surface area (Å²) in [5.74, 6) is 1.17. The molecule has 1 heterocycles. The van der Waals surface area contributed by atoms with Crippen LogP contribution in [0.5, 0.6) is 5.75 Å². The molecule has 0 amide bonds. The number of hydrogen-bond acceptors (Lipinski definition) is 4. The molecule has 4 nitrogen and oxygen atoms in total. The van der Waals surface area contributed by atoms with E-state index in [1.165, 1.54) is 0 Å². The Balaban J connectivity index is 2.33. The fourth-order valence-electron chi connectivity index (χ4n) is 1.98. The molecule has 2 aromatic carbocycles. The van der Waals surface area contributed by atoms with E-state index in [2.05, 4.69) is 10.2 Å². The lowest BCUT2D eigenvalue weighted by Crippen LogP contribution is -1.90. The summed E-state index contributed by atoms with van der Waals surface area (Å²) in [4.78, 5) is 0.250. The number of ether oxygens (including phenoxy) is 1. The van der Waals surface area contributed by atoms with E-state index in [0.29, 0.717) is 5.89 Å². The van der Waals surface area contributed by atoms with E-state index < -0.39 is 0 Å². The maximum Gasteiger partial charge on any atom is 0.284 e. The maximum absolute atomic E-state index is 5.47. The number of aromatic nitrogens is 2. The monoisotopic (exact) mass is 258 g/mol. The lowest BCUT2D eigenvalue weighted by atomic mass is 10.1. The molecule has 0 bridgehead atoms. The van der Waals surface area contributed by atoms with Crippen LogP contribution in [0, 0.1) is 4.84 Å². The third kappa shape index (κ3) is 1.69. The Labute approximate surface area is 108 Å². The summed E-state index contributed by atoms with van der Waals surface area (Å²) < 4.78 is 10.8. The van der Waals surface area contributed by atoms with Crippen molar-refractivity contribution < 1.29 is 9.15 Å². The molecule has 0 unspecified atom stereocenters. The molecule has 18 heavy (non-hydrogen) atoms. The number of nitrogens with zero attached hydrogens (tertiary/aromatic N) is 1. The van der Waals surface area contributed by atoms with Crippen LogP contribution in [0.1, 0.15) is 0 Å². The number of benzene rings is 2. The highest BCUT2D eigenvalue weighted by Gasteiger charge is 2.13. The molecule has 0 aliphatic rings. The van der Waals surface area contributed by atoms with Crippen LogP contribution in [0.15, 0.2) is 40.8 Å². The smallest absolute Gasteiger partial charge is 0.284 e. The lowest BCUT2D eigenvalue weighted by Gasteiger charge is -2.08. The topological polar surface area (TPSA) is 51.0 Å². The molecule has 1 aromatic heterocycles. The van der Waals surface area contributed by atoms with Gasteiger partial charge in [-0.3, -0.25) is 0 Å². The van der Waals surface area contributed by atoms with Crippen molar-refractivity contribution >= 4 is 23.0 Å². The number of rotatable bonds is 2. The van der Waals surface area contributed by atoms with Gasteiger partial charge < -0.3 is 9.15 Å². The molecule has 3 rings (SSSR count). The van der Waals surface area contributed by atoms with Crippen LogP contribution in [0.4, 0.5) is 0 Å². The summed E-state index contributed by atoms with van der Waals surface area (Å²) in [7, 11) is 1.63. The number of hydrogen-bond donors (Lipinski definition) is 1. The van der Waals surface area contributed by atoms with Crippen molar-refractivity contribution in [3.05, 3.63) is 41.2 Å². The van der Waals surface area contributed by atoms with Gasteiger partial charge in [0.15, 0.2) is 0 Å². The van der Waals surface area contributed by atoms with Gasteiger partial charge in [0.05, 0.1) is 12.7 Å². The summed E-state index contributed by atoms with van der Waals surface area (Å²) in [6, 6.07) is 11.9. The Bertz CT molecular complexity index is 761. The predicted molar refractivity (Wildman–Crippen MR) is 71.2 cm³/mol. The number of aromatic amines is 1. The Morgan fingerprint density at radius 2 is 2.06 bits per heavy atom. The molecule has 0 saturated carbocycles. The van der Waals surface area contributed by atoms with E-state index in [1.54, 1.807) is 7.11 Å². The number of H-pyrrole nitrogens is 1. The fraction of sp³-hybridized carbons (Fsp3) is 0.0769. The summed E-state index contributed by atoms with van der Waals surface area (Å²) in [5.41, 5.74) is 0.781. The Morgan fingerprint density at radius 3 is 2.78 bits per heavy atom. The highest BCUT2D eigenvalue weighted by Crippen LogP contribution is 2.35. The van der Waals surface area contributed by atoms with Gasteiger partial charge in [-0.25, -0.2) is 5.10 Å². The van der Waals surface area contributed by atoms with Gasteiger partial charge in [0.1, 0.15) is 5.75 Å². The Hall–Kier alpha value is -2.14. The van der Waals surface area contributed by atoms with Crippen molar-refractivity contribution in [1.29, 1.82) is 0 Å². The van der Waals surface area contributed by atoms with Crippen molar-refractivity contribution in [2.75, 3.05) is 7.11 Å². The van der Waals surface area contributed by atoms with Crippen LogP contribution in [0.3, 0.4) is 0 Å². The number of methoxy groups -OCH3 is 1. The molecule has 3 aromatic rings. The third-order valence-electron chi connectivity index (χ3n) is 2.75. The molecule has 0 aliphatic heterocycles. The second-order valence-corrected chi connectivity index (χ2v) is 4.16. The van der Waals surface area contributed by atoms with E-state index in [4.69, 9.17) is 21.4 Å². The van der Waals surface area contributed by atoms with Gasteiger partial charge in [-0.2, -0.15) is 0 Å². The highest BCUT2D eigenvalue weighted by atomic mass is 32.1. The van der Waals surface area contributed by atoms with Crippen molar-refractivity contribution in [2.45, 2.75) is 0 Å². The van der Waals surface area contributed by atoms with Gasteiger partial charge in [0.2, 0.25) is 5.89 Å². The molecular formula is C13H10N2O2S. The average molecular weight is 258 g/mol. The molecule has 0 fully saturated rings. The van der Waals surface area contributed by atoms with Crippen molar-refractivity contribution in [3.63, 3.8) is 0 Å². The summed E-state index contributed by atoms with van der Waals surface area (Å²) in [6.45, 7) is 0. The average Bonchev–Trinajstić information content (AvgIpc) is 2.84. The van der Waals surface area contributed by atoms with Crippen LogP contribution in [-0.2, 0) is 0 Å². The zero-order valence-corrected chi connectivity index (χ0v) is 10.5. The molecule has 0 spiro atoms. The van der Waals surface area contributed by atoms with Crippen molar-refractivity contribution in [2.24, 2.45) is 0 Å². The number of nitrogens with one attached hydrogen (secondary N) is 1. The molecule has 1 N–H and O–H groups in total. The molecular weight excluding hydrogens is 248 g/mol. The van der Waals surface area contributed by atoms with Crippen LogP contribution < -0.4 is 4.74 Å². The normalized spacial score (nSPS) is 10.7. The van der Waals surface area contributed by atoms with Crippen molar-refractivity contribution in [3.8, 4) is 17.2 Å². The van der Waals surface area contributed by atoms with Crippen molar-refractivity contribution in [1.82, 2.24) is 10.2 Å². The lowest BCUT2D eigenvalue weighted by molar-refractivity contribution is 0.419. The number of fused-ring (bicyclic) bond motifs is 1. The van der Waals surface area contributed by atoms with Gasteiger partial charge >= 0.3 is 0 Å². The van der Waals surface area contributed by atoms with E-state index >= 15 is 0 Å². The van der Waals surface area contributed by atoms with Gasteiger partial charge in [-0.05, 0) is 23.7 Å². The second kappa shape index (κ2) is 4.27. The van der Waals surface area contributed by atoms with Crippen LogP contribution in [-0.4, -0.2) is 17.3 Å². The predicted octanol–water partition coefficient (Wildman–Crippen LogP) is 3.56. The quantitative estimate of drug-likeness (QED) is 0.714. The molecule has 0 atom stereocenters. The summed E-state index contributed by atoms with van der Waals surface area (Å²) in [6.07, 6.45) is 0. The van der Waals surface area contributed by atoms with Crippen LogP contribution in [0.25, 0.3) is 22.2 Å². The van der Waals surface area contributed by atoms with E-state index in [0.717, 1.165) is 22.1 Å². The molecule has 0 saturated heterocycles. The van der Waals surface area contributed by atoms with Crippen LogP contribution in [0.2, 0.25) is 0 Å². The maximum atomic E-state index is 5.47. The largest absolute Gasteiger partial charge is 0.495 e. The van der Waals surface area contributed by atoms with Gasteiger partial charge in [-0.15, -0.1) is 5.10 Å². The zero-order valence-electron chi connectivity index (χ0n) is 9.64. The highest BCUT2D eigenvalue weighted by molar-refractivity contribution is 7.71. The summed E-state index contributed by atoms with van der Waals surface area (Å²) >= 11 is 4.88.